The summed E-state index contributed by atoms with van der Waals surface area (Å²) >= 11 is 0. The zero-order chi connectivity index (χ0) is 13.9. The van der Waals surface area contributed by atoms with Gasteiger partial charge in [-0.2, -0.15) is 0 Å². The van der Waals surface area contributed by atoms with Gasteiger partial charge in [-0.1, -0.05) is 30.8 Å². The predicted octanol–water partition coefficient (Wildman–Crippen LogP) is 2.47. The summed E-state index contributed by atoms with van der Waals surface area (Å²) in [7, 11) is 1.65. The van der Waals surface area contributed by atoms with Crippen LogP contribution in [-0.4, -0.2) is 31.9 Å². The highest BCUT2D eigenvalue weighted by molar-refractivity contribution is 5.73. The average molecular weight is 272 g/mol. The second-order valence-electron chi connectivity index (χ2n) is 5.07. The lowest BCUT2D eigenvalue weighted by atomic mass is 10.0. The molecule has 1 unspecified atom stereocenters. The van der Waals surface area contributed by atoms with Gasteiger partial charge in [0.15, 0.2) is 0 Å². The Morgan fingerprint density at radius 3 is 3.15 bits per heavy atom. The van der Waals surface area contributed by atoms with E-state index in [1.54, 1.807) is 7.11 Å². The molecule has 2 aliphatic rings. The maximum atomic E-state index is 5.62. The van der Waals surface area contributed by atoms with E-state index in [4.69, 9.17) is 9.47 Å². The summed E-state index contributed by atoms with van der Waals surface area (Å²) in [6.07, 6.45) is 3.04. The molecule has 4 heteroatoms. The number of rotatable bonds is 6. The molecule has 1 aromatic rings. The van der Waals surface area contributed by atoms with Crippen LogP contribution in [0.25, 0.3) is 5.70 Å². The van der Waals surface area contributed by atoms with Crippen molar-refractivity contribution in [2.24, 2.45) is 0 Å². The van der Waals surface area contributed by atoms with Crippen molar-refractivity contribution < 1.29 is 9.47 Å². The van der Waals surface area contributed by atoms with Crippen molar-refractivity contribution in [1.29, 1.82) is 0 Å². The van der Waals surface area contributed by atoms with Crippen LogP contribution in [0.3, 0.4) is 0 Å². The van der Waals surface area contributed by atoms with Crippen LogP contribution in [-0.2, 0) is 9.47 Å². The predicted molar refractivity (Wildman–Crippen MR) is 78.6 cm³/mol. The standard InChI is InChI=1S/C16H20N2O2/c1-12(10-19-2)20-8-7-15-13-5-3-4-6-14(13)16-9-17-11-18(15)16/h3-6,9,15,17H,1,7-8,10-11H2,2H3. The van der Waals surface area contributed by atoms with Crippen LogP contribution < -0.4 is 5.32 Å². The smallest absolute Gasteiger partial charge is 0.114 e. The second-order valence-corrected chi connectivity index (χ2v) is 5.07. The largest absolute Gasteiger partial charge is 0.496 e. The third-order valence-electron chi connectivity index (χ3n) is 3.78. The van der Waals surface area contributed by atoms with Crippen molar-refractivity contribution in [3.63, 3.8) is 0 Å². The molecule has 0 saturated heterocycles. The maximum absolute atomic E-state index is 5.62. The molecule has 0 bridgehead atoms. The molecule has 2 aliphatic heterocycles. The molecule has 0 fully saturated rings. The minimum Gasteiger partial charge on any atom is -0.496 e. The normalized spacial score (nSPS) is 19.1. The van der Waals surface area contributed by atoms with Crippen molar-refractivity contribution >= 4 is 5.70 Å². The monoisotopic (exact) mass is 272 g/mol. The Labute approximate surface area is 119 Å². The average Bonchev–Trinajstić information content (AvgIpc) is 3.02. The summed E-state index contributed by atoms with van der Waals surface area (Å²) in [5.74, 6) is 0.689. The Morgan fingerprint density at radius 1 is 1.45 bits per heavy atom. The third-order valence-corrected chi connectivity index (χ3v) is 3.78. The van der Waals surface area contributed by atoms with Gasteiger partial charge in [0.05, 0.1) is 25.0 Å². The SMILES string of the molecule is C=C(COC)OCCC1c2ccccc2C2=CNCN21. The molecule has 3 rings (SSSR count). The summed E-state index contributed by atoms with van der Waals surface area (Å²) in [6, 6.07) is 8.97. The fraction of sp³-hybridized carbons (Fsp3) is 0.375. The number of fused-ring (bicyclic) bond motifs is 3. The van der Waals surface area contributed by atoms with Crippen molar-refractivity contribution in [3.05, 3.63) is 53.9 Å². The van der Waals surface area contributed by atoms with Gasteiger partial charge in [0.25, 0.3) is 0 Å². The first-order valence-corrected chi connectivity index (χ1v) is 6.90. The zero-order valence-electron chi connectivity index (χ0n) is 11.8. The molecule has 0 spiro atoms. The molecule has 4 nitrogen and oxygen atoms in total. The quantitative estimate of drug-likeness (QED) is 0.807. The van der Waals surface area contributed by atoms with Gasteiger partial charge < -0.3 is 19.7 Å². The Bertz CT molecular complexity index is 539. The molecule has 0 aromatic heterocycles. The number of hydrogen-bond donors (Lipinski definition) is 1. The molecule has 106 valence electrons. The topological polar surface area (TPSA) is 33.7 Å². The van der Waals surface area contributed by atoms with Crippen LogP contribution in [0.4, 0.5) is 0 Å². The molecule has 0 saturated carbocycles. The molecule has 1 aromatic carbocycles. The van der Waals surface area contributed by atoms with Crippen LogP contribution >= 0.6 is 0 Å². The number of methoxy groups -OCH3 is 1. The van der Waals surface area contributed by atoms with E-state index in [-0.39, 0.29) is 0 Å². The molecule has 2 heterocycles. The number of benzene rings is 1. The Hall–Kier alpha value is -1.94. The fourth-order valence-corrected chi connectivity index (χ4v) is 2.94. The van der Waals surface area contributed by atoms with Gasteiger partial charge in [0.1, 0.15) is 12.4 Å². The van der Waals surface area contributed by atoms with Crippen molar-refractivity contribution in [2.75, 3.05) is 27.0 Å². The van der Waals surface area contributed by atoms with Gasteiger partial charge in [-0.3, -0.25) is 0 Å². The van der Waals surface area contributed by atoms with Crippen molar-refractivity contribution in [2.45, 2.75) is 12.5 Å². The molecule has 0 amide bonds. The summed E-state index contributed by atoms with van der Waals surface area (Å²) in [5, 5.41) is 3.30. The van der Waals surface area contributed by atoms with E-state index >= 15 is 0 Å². The van der Waals surface area contributed by atoms with E-state index in [0.717, 1.165) is 13.1 Å². The Kier molecular flexibility index (Phi) is 3.65. The number of nitrogens with one attached hydrogen (secondary N) is 1. The fourth-order valence-electron chi connectivity index (χ4n) is 2.94. The summed E-state index contributed by atoms with van der Waals surface area (Å²) < 4.78 is 10.6. The van der Waals surface area contributed by atoms with Crippen molar-refractivity contribution in [1.82, 2.24) is 10.2 Å². The van der Waals surface area contributed by atoms with E-state index in [2.05, 4.69) is 47.3 Å². The molecule has 0 radical (unpaired) electrons. The number of hydrogen-bond acceptors (Lipinski definition) is 4. The van der Waals surface area contributed by atoms with Crippen LogP contribution in [0, 0.1) is 0 Å². The van der Waals surface area contributed by atoms with Gasteiger partial charge in [-0.05, 0) is 5.56 Å². The molecule has 0 aliphatic carbocycles. The first-order valence-electron chi connectivity index (χ1n) is 6.90. The van der Waals surface area contributed by atoms with Gasteiger partial charge in [-0.25, -0.2) is 0 Å². The minimum atomic E-state index is 0.378. The summed E-state index contributed by atoms with van der Waals surface area (Å²) in [4.78, 5) is 2.40. The minimum absolute atomic E-state index is 0.378. The lowest BCUT2D eigenvalue weighted by molar-refractivity contribution is 0.119. The van der Waals surface area contributed by atoms with E-state index in [9.17, 15) is 0 Å². The zero-order valence-corrected chi connectivity index (χ0v) is 11.8. The highest BCUT2D eigenvalue weighted by Gasteiger charge is 2.35. The second kappa shape index (κ2) is 5.59. The molecule has 20 heavy (non-hydrogen) atoms. The molecular weight excluding hydrogens is 252 g/mol. The van der Waals surface area contributed by atoms with Crippen molar-refractivity contribution in [3.8, 4) is 0 Å². The van der Waals surface area contributed by atoms with E-state index in [1.807, 2.05) is 0 Å². The van der Waals surface area contributed by atoms with Crippen LogP contribution in [0.1, 0.15) is 23.6 Å². The van der Waals surface area contributed by atoms with Gasteiger partial charge in [-0.15, -0.1) is 0 Å². The molecule has 1 atom stereocenters. The Balaban J connectivity index is 1.68. The Morgan fingerprint density at radius 2 is 2.30 bits per heavy atom. The maximum Gasteiger partial charge on any atom is 0.114 e. The summed E-state index contributed by atoms with van der Waals surface area (Å²) in [6.45, 7) is 5.82. The van der Waals surface area contributed by atoms with Gasteiger partial charge in [0, 0.05) is 25.3 Å². The van der Waals surface area contributed by atoms with E-state index in [0.29, 0.717) is 25.0 Å². The lowest BCUT2D eigenvalue weighted by Crippen LogP contribution is -2.24. The first kappa shape index (κ1) is 13.1. The number of nitrogens with zero attached hydrogens (tertiary/aromatic N) is 1. The number of ether oxygens (including phenoxy) is 2. The first-order chi connectivity index (χ1) is 9.81. The van der Waals surface area contributed by atoms with Gasteiger partial charge >= 0.3 is 0 Å². The lowest BCUT2D eigenvalue weighted by Gasteiger charge is -2.24. The molecular formula is C16H20N2O2. The van der Waals surface area contributed by atoms with Crippen LogP contribution in [0.15, 0.2) is 42.8 Å². The van der Waals surface area contributed by atoms with Crippen LogP contribution in [0.2, 0.25) is 0 Å². The third kappa shape index (κ3) is 2.27. The highest BCUT2D eigenvalue weighted by Crippen LogP contribution is 2.43. The van der Waals surface area contributed by atoms with E-state index < -0.39 is 0 Å². The van der Waals surface area contributed by atoms with E-state index in [1.165, 1.54) is 16.8 Å². The summed E-state index contributed by atoms with van der Waals surface area (Å²) in [5.41, 5.74) is 4.01. The highest BCUT2D eigenvalue weighted by atomic mass is 16.5. The van der Waals surface area contributed by atoms with Crippen LogP contribution in [0.5, 0.6) is 0 Å². The van der Waals surface area contributed by atoms with Gasteiger partial charge in [0.2, 0.25) is 0 Å². The molecule has 1 N–H and O–H groups in total.